The minimum atomic E-state index is -0.138. The van der Waals surface area contributed by atoms with E-state index < -0.39 is 0 Å². The average molecular weight is 417 g/mol. The molecule has 0 fully saturated rings. The van der Waals surface area contributed by atoms with Crippen molar-refractivity contribution in [2.24, 2.45) is 0 Å². The molecule has 0 radical (unpaired) electrons. The molecule has 0 saturated heterocycles. The lowest BCUT2D eigenvalue weighted by Crippen LogP contribution is -2.30. The lowest BCUT2D eigenvalue weighted by molar-refractivity contribution is 0.0652. The Labute approximate surface area is 144 Å². The zero-order chi connectivity index (χ0) is 15.2. The Bertz CT molecular complexity index is 486. The molecule has 5 heteroatoms. The standard InChI is InChI=1S/C16H20INO2S/c1-2-7-14(17)21-11-6-5-10-18-15(19)12-8-3-4-9-13(12)16(18)20/h3-4,8-9,14H,2,5-7,10-11H2,1H3. The maximum Gasteiger partial charge on any atom is 0.261 e. The molecule has 114 valence electrons. The molecule has 0 saturated carbocycles. The molecule has 0 spiro atoms. The summed E-state index contributed by atoms with van der Waals surface area (Å²) in [5.74, 6) is 0.818. The highest BCUT2D eigenvalue weighted by Gasteiger charge is 2.34. The second kappa shape index (κ2) is 8.17. The fourth-order valence-corrected chi connectivity index (χ4v) is 4.75. The highest BCUT2D eigenvalue weighted by Crippen LogP contribution is 2.25. The number of benzene rings is 1. The van der Waals surface area contributed by atoms with Gasteiger partial charge in [0.25, 0.3) is 11.8 Å². The van der Waals surface area contributed by atoms with Crippen molar-refractivity contribution in [1.29, 1.82) is 0 Å². The summed E-state index contributed by atoms with van der Waals surface area (Å²) >= 11 is 4.45. The van der Waals surface area contributed by atoms with E-state index in [0.717, 1.165) is 18.6 Å². The van der Waals surface area contributed by atoms with Crippen molar-refractivity contribution >= 4 is 46.2 Å². The van der Waals surface area contributed by atoms with Gasteiger partial charge in [-0.2, -0.15) is 0 Å². The van der Waals surface area contributed by atoms with Crippen LogP contribution in [0.1, 0.15) is 53.3 Å². The van der Waals surface area contributed by atoms with Gasteiger partial charge >= 0.3 is 0 Å². The minimum Gasteiger partial charge on any atom is -0.274 e. The zero-order valence-corrected chi connectivity index (χ0v) is 15.2. The molecule has 21 heavy (non-hydrogen) atoms. The largest absolute Gasteiger partial charge is 0.274 e. The molecule has 0 bridgehead atoms. The molecule has 1 unspecified atom stereocenters. The van der Waals surface area contributed by atoms with Crippen LogP contribution >= 0.6 is 34.4 Å². The Morgan fingerprint density at radius 1 is 1.14 bits per heavy atom. The minimum absolute atomic E-state index is 0.138. The van der Waals surface area contributed by atoms with Crippen LogP contribution in [0.25, 0.3) is 0 Å². The van der Waals surface area contributed by atoms with Crippen molar-refractivity contribution < 1.29 is 9.59 Å². The number of hydrogen-bond acceptors (Lipinski definition) is 3. The van der Waals surface area contributed by atoms with Crippen LogP contribution in [0.5, 0.6) is 0 Å². The predicted octanol–water partition coefficient (Wildman–Crippen LogP) is 4.36. The van der Waals surface area contributed by atoms with Crippen molar-refractivity contribution in [1.82, 2.24) is 4.90 Å². The van der Waals surface area contributed by atoms with E-state index in [9.17, 15) is 9.59 Å². The lowest BCUT2D eigenvalue weighted by Gasteiger charge is -2.14. The molecule has 0 aliphatic carbocycles. The summed E-state index contributed by atoms with van der Waals surface area (Å²) in [7, 11) is 0. The molecule has 0 N–H and O–H groups in total. The summed E-state index contributed by atoms with van der Waals surface area (Å²) in [6.07, 6.45) is 4.38. The topological polar surface area (TPSA) is 37.4 Å². The highest BCUT2D eigenvalue weighted by atomic mass is 127. The SMILES string of the molecule is CCCC(I)SCCCCN1C(=O)c2ccccc2C1=O. The first-order chi connectivity index (χ1) is 10.1. The maximum absolute atomic E-state index is 12.2. The van der Waals surface area contributed by atoms with Gasteiger partial charge in [-0.3, -0.25) is 14.5 Å². The van der Waals surface area contributed by atoms with Crippen LogP contribution in [0.4, 0.5) is 0 Å². The van der Waals surface area contributed by atoms with Gasteiger partial charge in [-0.05, 0) is 37.1 Å². The van der Waals surface area contributed by atoms with Crippen molar-refractivity contribution in [3.63, 3.8) is 0 Å². The summed E-state index contributed by atoms with van der Waals surface area (Å²) < 4.78 is 0.673. The second-order valence-corrected chi connectivity index (χ2v) is 8.74. The molecule has 0 aromatic heterocycles. The number of fused-ring (bicyclic) bond motifs is 1. The number of carbonyl (C=O) groups excluding carboxylic acids is 2. The average Bonchev–Trinajstić information content (AvgIpc) is 2.72. The Morgan fingerprint density at radius 3 is 2.33 bits per heavy atom. The van der Waals surface area contributed by atoms with Crippen LogP contribution in [0.15, 0.2) is 24.3 Å². The predicted molar refractivity (Wildman–Crippen MR) is 96.2 cm³/mol. The van der Waals surface area contributed by atoms with E-state index >= 15 is 0 Å². The fraction of sp³-hybridized carbons (Fsp3) is 0.500. The van der Waals surface area contributed by atoms with Crippen molar-refractivity contribution in [3.8, 4) is 0 Å². The van der Waals surface area contributed by atoms with Gasteiger partial charge in [0, 0.05) is 6.54 Å². The zero-order valence-electron chi connectivity index (χ0n) is 12.2. The van der Waals surface area contributed by atoms with E-state index in [0.29, 0.717) is 20.9 Å². The van der Waals surface area contributed by atoms with Gasteiger partial charge < -0.3 is 0 Å². The fourth-order valence-electron chi connectivity index (χ4n) is 2.34. The number of rotatable bonds is 8. The third-order valence-electron chi connectivity index (χ3n) is 3.47. The number of thioether (sulfide) groups is 1. The first-order valence-corrected chi connectivity index (χ1v) is 9.65. The van der Waals surface area contributed by atoms with Gasteiger partial charge in [-0.1, -0.05) is 48.1 Å². The van der Waals surface area contributed by atoms with E-state index in [2.05, 4.69) is 29.5 Å². The van der Waals surface area contributed by atoms with Crippen LogP contribution < -0.4 is 0 Å². The van der Waals surface area contributed by atoms with Crippen LogP contribution in [-0.2, 0) is 0 Å². The smallest absolute Gasteiger partial charge is 0.261 e. The van der Waals surface area contributed by atoms with E-state index in [1.54, 1.807) is 24.3 Å². The number of halogens is 1. The van der Waals surface area contributed by atoms with Crippen LogP contribution in [0.2, 0.25) is 0 Å². The third kappa shape index (κ3) is 4.22. The van der Waals surface area contributed by atoms with E-state index in [1.807, 2.05) is 11.8 Å². The molecular weight excluding hydrogens is 397 g/mol. The number of imide groups is 1. The number of nitrogens with zero attached hydrogens (tertiary/aromatic N) is 1. The molecule has 1 heterocycles. The Morgan fingerprint density at radius 2 is 1.76 bits per heavy atom. The summed E-state index contributed by atoms with van der Waals surface area (Å²) in [6, 6.07) is 7.07. The van der Waals surface area contributed by atoms with Crippen molar-refractivity contribution in [2.45, 2.75) is 35.9 Å². The van der Waals surface area contributed by atoms with E-state index in [1.165, 1.54) is 17.7 Å². The Kier molecular flexibility index (Phi) is 6.54. The number of carbonyl (C=O) groups is 2. The van der Waals surface area contributed by atoms with Gasteiger partial charge in [-0.25, -0.2) is 0 Å². The summed E-state index contributed by atoms with van der Waals surface area (Å²) in [4.78, 5) is 25.7. The van der Waals surface area contributed by atoms with Crippen molar-refractivity contribution in [2.75, 3.05) is 12.3 Å². The molecule has 1 aliphatic rings. The number of hydrogen-bond donors (Lipinski definition) is 0. The first kappa shape index (κ1) is 16.8. The van der Waals surface area contributed by atoms with Crippen molar-refractivity contribution in [3.05, 3.63) is 35.4 Å². The van der Waals surface area contributed by atoms with Gasteiger partial charge in [-0.15, -0.1) is 11.8 Å². The van der Waals surface area contributed by atoms with Gasteiger partial charge in [0.15, 0.2) is 0 Å². The molecule has 1 aliphatic heterocycles. The monoisotopic (exact) mass is 417 g/mol. The molecule has 1 aromatic carbocycles. The molecule has 2 amide bonds. The number of unbranched alkanes of at least 4 members (excludes halogenated alkanes) is 1. The first-order valence-electron chi connectivity index (χ1n) is 7.36. The van der Waals surface area contributed by atoms with E-state index in [4.69, 9.17) is 0 Å². The summed E-state index contributed by atoms with van der Waals surface area (Å²) in [5.41, 5.74) is 1.10. The molecule has 3 nitrogen and oxygen atoms in total. The molecule has 2 rings (SSSR count). The van der Waals surface area contributed by atoms with Gasteiger partial charge in [0.1, 0.15) is 0 Å². The van der Waals surface area contributed by atoms with Gasteiger partial charge in [0.05, 0.1) is 14.4 Å². The number of amides is 2. The van der Waals surface area contributed by atoms with Crippen LogP contribution in [0, 0.1) is 0 Å². The Balaban J connectivity index is 1.76. The maximum atomic E-state index is 12.2. The van der Waals surface area contributed by atoms with Gasteiger partial charge in [0.2, 0.25) is 0 Å². The van der Waals surface area contributed by atoms with Crippen LogP contribution in [0.3, 0.4) is 0 Å². The molecule has 1 aromatic rings. The lowest BCUT2D eigenvalue weighted by atomic mass is 10.1. The number of alkyl halides is 1. The highest BCUT2D eigenvalue weighted by molar-refractivity contribution is 14.1. The van der Waals surface area contributed by atoms with Crippen LogP contribution in [-0.4, -0.2) is 32.3 Å². The third-order valence-corrected chi connectivity index (χ3v) is 6.29. The molecular formula is C16H20INO2S. The Hall–Kier alpha value is -0.560. The normalized spacial score (nSPS) is 15.4. The molecule has 1 atom stereocenters. The van der Waals surface area contributed by atoms with E-state index in [-0.39, 0.29) is 11.8 Å². The summed E-state index contributed by atoms with van der Waals surface area (Å²) in [5, 5.41) is 0. The quantitative estimate of drug-likeness (QED) is 0.273. The summed E-state index contributed by atoms with van der Waals surface area (Å²) in [6.45, 7) is 2.74. The second-order valence-electron chi connectivity index (χ2n) is 5.08.